The maximum atomic E-state index is 12.9. The number of amides is 1. The van der Waals surface area contributed by atoms with E-state index in [4.69, 9.17) is 9.47 Å². The van der Waals surface area contributed by atoms with E-state index in [0.717, 1.165) is 49.4 Å². The highest BCUT2D eigenvalue weighted by molar-refractivity contribution is 5.79. The number of likely N-dealkylation sites (tertiary alicyclic amines) is 1. The SMILES string of the molecule is O=C(Cc1ccc2c(c1)OCO2)N1CCCC[C@@H]1CCn1cccn1. The maximum absolute atomic E-state index is 12.9. The van der Waals surface area contributed by atoms with Crippen molar-refractivity contribution in [2.24, 2.45) is 0 Å². The summed E-state index contributed by atoms with van der Waals surface area (Å²) in [7, 11) is 0. The van der Waals surface area contributed by atoms with Crippen LogP contribution in [-0.2, 0) is 17.8 Å². The molecule has 1 saturated heterocycles. The number of aromatic nitrogens is 2. The van der Waals surface area contributed by atoms with Crippen molar-refractivity contribution >= 4 is 5.91 Å². The van der Waals surface area contributed by atoms with Crippen molar-refractivity contribution in [3.05, 3.63) is 42.2 Å². The molecule has 1 aromatic carbocycles. The number of hydrogen-bond acceptors (Lipinski definition) is 4. The van der Waals surface area contributed by atoms with E-state index in [1.807, 2.05) is 35.1 Å². The highest BCUT2D eigenvalue weighted by atomic mass is 16.7. The fraction of sp³-hybridized carbons (Fsp3) is 0.474. The van der Waals surface area contributed by atoms with Crippen molar-refractivity contribution in [1.29, 1.82) is 0 Å². The lowest BCUT2D eigenvalue weighted by Gasteiger charge is -2.36. The van der Waals surface area contributed by atoms with Crippen molar-refractivity contribution in [2.45, 2.75) is 44.7 Å². The van der Waals surface area contributed by atoms with Crippen LogP contribution < -0.4 is 9.47 Å². The summed E-state index contributed by atoms with van der Waals surface area (Å²) in [5.41, 5.74) is 0.977. The molecule has 6 nitrogen and oxygen atoms in total. The van der Waals surface area contributed by atoms with Crippen molar-refractivity contribution in [3.63, 3.8) is 0 Å². The molecule has 0 bridgehead atoms. The highest BCUT2D eigenvalue weighted by Crippen LogP contribution is 2.33. The average molecular weight is 341 g/mol. The minimum absolute atomic E-state index is 0.198. The molecule has 2 aliphatic heterocycles. The molecule has 4 rings (SSSR count). The van der Waals surface area contributed by atoms with Gasteiger partial charge < -0.3 is 14.4 Å². The number of aryl methyl sites for hydroxylation is 1. The maximum Gasteiger partial charge on any atom is 0.231 e. The van der Waals surface area contributed by atoms with Gasteiger partial charge in [-0.3, -0.25) is 9.48 Å². The smallest absolute Gasteiger partial charge is 0.231 e. The molecule has 6 heteroatoms. The first-order valence-electron chi connectivity index (χ1n) is 8.95. The first kappa shape index (κ1) is 16.0. The van der Waals surface area contributed by atoms with Crippen molar-refractivity contribution in [1.82, 2.24) is 14.7 Å². The topological polar surface area (TPSA) is 56.6 Å². The molecule has 1 amide bonds. The molecule has 25 heavy (non-hydrogen) atoms. The second-order valence-electron chi connectivity index (χ2n) is 6.66. The van der Waals surface area contributed by atoms with Crippen LogP contribution in [0.3, 0.4) is 0 Å². The largest absolute Gasteiger partial charge is 0.454 e. The molecule has 3 heterocycles. The van der Waals surface area contributed by atoms with Crippen LogP contribution in [0.5, 0.6) is 11.5 Å². The van der Waals surface area contributed by atoms with Gasteiger partial charge in [0.15, 0.2) is 11.5 Å². The second-order valence-corrected chi connectivity index (χ2v) is 6.66. The zero-order valence-corrected chi connectivity index (χ0v) is 14.3. The van der Waals surface area contributed by atoms with Gasteiger partial charge in [0.2, 0.25) is 12.7 Å². The van der Waals surface area contributed by atoms with Gasteiger partial charge in [-0.15, -0.1) is 0 Å². The summed E-state index contributed by atoms with van der Waals surface area (Å²) in [6.07, 6.45) is 8.49. The van der Waals surface area contributed by atoms with Crippen molar-refractivity contribution < 1.29 is 14.3 Å². The molecule has 0 N–H and O–H groups in total. The number of benzene rings is 1. The molecule has 1 aromatic heterocycles. The molecule has 1 fully saturated rings. The zero-order chi connectivity index (χ0) is 17.1. The van der Waals surface area contributed by atoms with Crippen molar-refractivity contribution in [2.75, 3.05) is 13.3 Å². The van der Waals surface area contributed by atoms with Gasteiger partial charge in [0.05, 0.1) is 6.42 Å². The van der Waals surface area contributed by atoms with Gasteiger partial charge in [0.25, 0.3) is 0 Å². The van der Waals surface area contributed by atoms with Gasteiger partial charge >= 0.3 is 0 Å². The number of carbonyl (C=O) groups excluding carboxylic acids is 1. The van der Waals surface area contributed by atoms with E-state index >= 15 is 0 Å². The Morgan fingerprint density at radius 3 is 3.04 bits per heavy atom. The molecule has 0 unspecified atom stereocenters. The standard InChI is InChI=1S/C19H23N3O3/c23-19(13-15-5-6-17-18(12-15)25-14-24-17)22-10-2-1-4-16(22)7-11-21-9-3-8-20-21/h3,5-6,8-9,12,16H,1-2,4,7,10-11,13-14H2/t16-/m1/s1. The zero-order valence-electron chi connectivity index (χ0n) is 14.3. The van der Waals surface area contributed by atoms with E-state index in [2.05, 4.69) is 10.00 Å². The quantitative estimate of drug-likeness (QED) is 0.839. The predicted molar refractivity (Wildman–Crippen MR) is 92.5 cm³/mol. The molecule has 0 radical (unpaired) electrons. The number of rotatable bonds is 5. The van der Waals surface area contributed by atoms with Gasteiger partial charge in [-0.2, -0.15) is 5.10 Å². The summed E-state index contributed by atoms with van der Waals surface area (Å²) < 4.78 is 12.7. The van der Waals surface area contributed by atoms with Gasteiger partial charge in [-0.1, -0.05) is 6.07 Å². The van der Waals surface area contributed by atoms with Crippen LogP contribution in [0.2, 0.25) is 0 Å². The van der Waals surface area contributed by atoms with E-state index in [9.17, 15) is 4.79 Å². The first-order chi connectivity index (χ1) is 12.3. The van der Waals surface area contributed by atoms with Crippen LogP contribution in [0.4, 0.5) is 0 Å². The third kappa shape index (κ3) is 3.62. The van der Waals surface area contributed by atoms with Crippen LogP contribution >= 0.6 is 0 Å². The summed E-state index contributed by atoms with van der Waals surface area (Å²) in [5.74, 6) is 1.69. The molecule has 132 valence electrons. The van der Waals surface area contributed by atoms with Gasteiger partial charge in [-0.05, 0) is 49.4 Å². The van der Waals surface area contributed by atoms with Crippen LogP contribution in [-0.4, -0.2) is 40.0 Å². The summed E-state index contributed by atoms with van der Waals surface area (Å²) in [5, 5.41) is 4.26. The van der Waals surface area contributed by atoms with Crippen LogP contribution in [0.25, 0.3) is 0 Å². The predicted octanol–water partition coefficient (Wildman–Crippen LogP) is 2.63. The summed E-state index contributed by atoms with van der Waals surface area (Å²) >= 11 is 0. The number of ether oxygens (including phenoxy) is 2. The van der Waals surface area contributed by atoms with E-state index in [1.54, 1.807) is 6.20 Å². The minimum Gasteiger partial charge on any atom is -0.454 e. The van der Waals surface area contributed by atoms with Crippen LogP contribution in [0, 0.1) is 0 Å². The van der Waals surface area contributed by atoms with E-state index < -0.39 is 0 Å². The number of carbonyl (C=O) groups is 1. The minimum atomic E-state index is 0.198. The molecular weight excluding hydrogens is 318 g/mol. The van der Waals surface area contributed by atoms with E-state index in [1.165, 1.54) is 6.42 Å². The second kappa shape index (κ2) is 7.17. The molecule has 2 aliphatic rings. The number of nitrogens with zero attached hydrogens (tertiary/aromatic N) is 3. The van der Waals surface area contributed by atoms with Gasteiger partial charge in [0.1, 0.15) is 0 Å². The Morgan fingerprint density at radius 1 is 1.24 bits per heavy atom. The fourth-order valence-electron chi connectivity index (χ4n) is 3.67. The monoisotopic (exact) mass is 341 g/mol. The number of hydrogen-bond donors (Lipinski definition) is 0. The Morgan fingerprint density at radius 2 is 2.16 bits per heavy atom. The molecular formula is C19H23N3O3. The Kier molecular flexibility index (Phi) is 4.59. The third-order valence-electron chi connectivity index (χ3n) is 4.99. The normalized spacial score (nSPS) is 19.2. The van der Waals surface area contributed by atoms with E-state index in [0.29, 0.717) is 12.5 Å². The lowest BCUT2D eigenvalue weighted by molar-refractivity contribution is -0.134. The lowest BCUT2D eigenvalue weighted by Crippen LogP contribution is -2.44. The first-order valence-corrected chi connectivity index (χ1v) is 8.95. The fourth-order valence-corrected chi connectivity index (χ4v) is 3.67. The Bertz CT molecular complexity index is 730. The molecule has 0 aliphatic carbocycles. The Labute approximate surface area is 147 Å². The summed E-state index contributed by atoms with van der Waals surface area (Å²) in [4.78, 5) is 14.9. The third-order valence-corrected chi connectivity index (χ3v) is 4.99. The molecule has 1 atom stereocenters. The Balaban J connectivity index is 1.40. The number of piperidine rings is 1. The van der Waals surface area contributed by atoms with Gasteiger partial charge in [0, 0.05) is 31.5 Å². The average Bonchev–Trinajstić information content (AvgIpc) is 3.31. The van der Waals surface area contributed by atoms with Crippen molar-refractivity contribution in [3.8, 4) is 11.5 Å². The van der Waals surface area contributed by atoms with Crippen LogP contribution in [0.1, 0.15) is 31.2 Å². The Hall–Kier alpha value is -2.50. The van der Waals surface area contributed by atoms with Crippen LogP contribution in [0.15, 0.2) is 36.7 Å². The number of fused-ring (bicyclic) bond motifs is 1. The summed E-state index contributed by atoms with van der Waals surface area (Å²) in [6.45, 7) is 1.97. The highest BCUT2D eigenvalue weighted by Gasteiger charge is 2.27. The van der Waals surface area contributed by atoms with E-state index in [-0.39, 0.29) is 12.7 Å². The molecule has 0 spiro atoms. The lowest BCUT2D eigenvalue weighted by atomic mass is 9.98. The molecule has 2 aromatic rings. The summed E-state index contributed by atoms with van der Waals surface area (Å²) in [6, 6.07) is 8.00. The van der Waals surface area contributed by atoms with Gasteiger partial charge in [-0.25, -0.2) is 0 Å². The molecule has 0 saturated carbocycles.